The van der Waals surface area contributed by atoms with Gasteiger partial charge in [0.05, 0.1) is 12.5 Å². The molecular weight excluding hydrogens is 268 g/mol. The van der Waals surface area contributed by atoms with Gasteiger partial charge in [0, 0.05) is 13.0 Å². The van der Waals surface area contributed by atoms with Crippen LogP contribution in [0.4, 0.5) is 0 Å². The van der Waals surface area contributed by atoms with Crippen LogP contribution in [-0.2, 0) is 20.7 Å². The van der Waals surface area contributed by atoms with Gasteiger partial charge in [-0.25, -0.2) is 0 Å². The van der Waals surface area contributed by atoms with Crippen LogP contribution in [0, 0.1) is 5.92 Å². The van der Waals surface area contributed by atoms with Crippen LogP contribution in [-0.4, -0.2) is 31.6 Å². The van der Waals surface area contributed by atoms with Crippen molar-refractivity contribution in [1.82, 2.24) is 5.32 Å². The minimum absolute atomic E-state index is 0.0807. The number of carbonyl (C=O) groups is 2. The smallest absolute Gasteiger partial charge is 0.311 e. The van der Waals surface area contributed by atoms with Crippen molar-refractivity contribution in [3.63, 3.8) is 0 Å². The standard InChI is InChI=1S/C16H24N2O3/c1-2-21-16(20)14(11-13-7-4-3-5-8-13)12-18-15(19)9-6-10-17/h3-5,7-8,14H,2,6,9-12,17H2,1H3,(H,18,19). The van der Waals surface area contributed by atoms with Crippen LogP contribution in [0.3, 0.4) is 0 Å². The predicted molar refractivity (Wildman–Crippen MR) is 81.6 cm³/mol. The van der Waals surface area contributed by atoms with Gasteiger partial charge in [-0.3, -0.25) is 9.59 Å². The molecule has 0 saturated carbocycles. The van der Waals surface area contributed by atoms with E-state index in [2.05, 4.69) is 5.32 Å². The Kier molecular flexibility index (Phi) is 8.12. The van der Waals surface area contributed by atoms with E-state index in [0.29, 0.717) is 32.4 Å². The maximum absolute atomic E-state index is 12.0. The van der Waals surface area contributed by atoms with Crippen molar-refractivity contribution in [2.75, 3.05) is 19.7 Å². The van der Waals surface area contributed by atoms with Crippen LogP contribution >= 0.6 is 0 Å². The third-order valence-electron chi connectivity index (χ3n) is 3.10. The molecule has 116 valence electrons. The number of hydrogen-bond acceptors (Lipinski definition) is 4. The normalized spacial score (nSPS) is 11.7. The van der Waals surface area contributed by atoms with E-state index in [-0.39, 0.29) is 24.3 Å². The van der Waals surface area contributed by atoms with Crippen LogP contribution in [0.2, 0.25) is 0 Å². The lowest BCUT2D eigenvalue weighted by molar-refractivity contribution is -0.147. The summed E-state index contributed by atoms with van der Waals surface area (Å²) in [7, 11) is 0. The van der Waals surface area contributed by atoms with Crippen molar-refractivity contribution in [1.29, 1.82) is 0 Å². The van der Waals surface area contributed by atoms with Crippen molar-refractivity contribution < 1.29 is 14.3 Å². The highest BCUT2D eigenvalue weighted by atomic mass is 16.5. The number of nitrogens with two attached hydrogens (primary N) is 1. The largest absolute Gasteiger partial charge is 0.466 e. The Morgan fingerprint density at radius 3 is 2.62 bits per heavy atom. The molecule has 3 N–H and O–H groups in total. The summed E-state index contributed by atoms with van der Waals surface area (Å²) in [6.45, 7) is 2.89. The second-order valence-corrected chi connectivity index (χ2v) is 4.84. The zero-order valence-electron chi connectivity index (χ0n) is 12.5. The zero-order chi connectivity index (χ0) is 15.5. The highest BCUT2D eigenvalue weighted by Crippen LogP contribution is 2.10. The summed E-state index contributed by atoms with van der Waals surface area (Å²) >= 11 is 0. The van der Waals surface area contributed by atoms with E-state index >= 15 is 0 Å². The lowest BCUT2D eigenvalue weighted by atomic mass is 9.99. The minimum Gasteiger partial charge on any atom is -0.466 e. The van der Waals surface area contributed by atoms with Gasteiger partial charge in [-0.05, 0) is 31.9 Å². The SMILES string of the molecule is CCOC(=O)C(CNC(=O)CCCN)Cc1ccccc1. The van der Waals surface area contributed by atoms with E-state index < -0.39 is 0 Å². The molecule has 0 aliphatic rings. The first-order valence-corrected chi connectivity index (χ1v) is 7.34. The van der Waals surface area contributed by atoms with Crippen molar-refractivity contribution in [2.24, 2.45) is 11.7 Å². The molecule has 0 bridgehead atoms. The fraction of sp³-hybridized carbons (Fsp3) is 0.500. The van der Waals surface area contributed by atoms with Gasteiger partial charge in [0.25, 0.3) is 0 Å². The summed E-state index contributed by atoms with van der Waals surface area (Å²) < 4.78 is 5.08. The predicted octanol–water partition coefficient (Wildman–Crippen LogP) is 1.26. The molecule has 1 aromatic carbocycles. The topological polar surface area (TPSA) is 81.4 Å². The molecular formula is C16H24N2O3. The lowest BCUT2D eigenvalue weighted by Gasteiger charge is -2.16. The Morgan fingerprint density at radius 1 is 1.29 bits per heavy atom. The lowest BCUT2D eigenvalue weighted by Crippen LogP contribution is -2.35. The molecule has 1 amide bonds. The number of carbonyl (C=O) groups excluding carboxylic acids is 2. The third-order valence-corrected chi connectivity index (χ3v) is 3.10. The number of esters is 1. The number of nitrogens with one attached hydrogen (secondary N) is 1. The average Bonchev–Trinajstić information content (AvgIpc) is 2.50. The fourth-order valence-electron chi connectivity index (χ4n) is 1.99. The Labute approximate surface area is 125 Å². The van der Waals surface area contributed by atoms with Crippen molar-refractivity contribution in [2.45, 2.75) is 26.2 Å². The molecule has 0 radical (unpaired) electrons. The molecule has 1 atom stereocenters. The molecule has 1 rings (SSSR count). The van der Waals surface area contributed by atoms with E-state index in [0.717, 1.165) is 5.56 Å². The molecule has 0 aliphatic carbocycles. The molecule has 0 spiro atoms. The van der Waals surface area contributed by atoms with Gasteiger partial charge in [0.2, 0.25) is 5.91 Å². The first kappa shape index (κ1) is 17.2. The van der Waals surface area contributed by atoms with Crippen LogP contribution in [0.15, 0.2) is 30.3 Å². The molecule has 21 heavy (non-hydrogen) atoms. The summed E-state index contributed by atoms with van der Waals surface area (Å²) in [4.78, 5) is 23.6. The van der Waals surface area contributed by atoms with E-state index in [9.17, 15) is 9.59 Å². The van der Waals surface area contributed by atoms with Gasteiger partial charge < -0.3 is 15.8 Å². The van der Waals surface area contributed by atoms with Crippen molar-refractivity contribution in [3.05, 3.63) is 35.9 Å². The van der Waals surface area contributed by atoms with Gasteiger partial charge in [0.15, 0.2) is 0 Å². The van der Waals surface area contributed by atoms with E-state index in [4.69, 9.17) is 10.5 Å². The highest BCUT2D eigenvalue weighted by Gasteiger charge is 2.21. The first-order valence-electron chi connectivity index (χ1n) is 7.34. The molecule has 0 aliphatic heterocycles. The zero-order valence-corrected chi connectivity index (χ0v) is 12.5. The Balaban J connectivity index is 2.56. The number of rotatable bonds is 9. The summed E-state index contributed by atoms with van der Waals surface area (Å²) in [5.74, 6) is -0.725. The van der Waals surface area contributed by atoms with E-state index in [1.54, 1.807) is 6.92 Å². The van der Waals surface area contributed by atoms with Gasteiger partial charge in [0.1, 0.15) is 0 Å². The summed E-state index contributed by atoms with van der Waals surface area (Å²) in [5.41, 5.74) is 6.42. The quantitative estimate of drug-likeness (QED) is 0.671. The number of benzene rings is 1. The minimum atomic E-state index is -0.367. The second kappa shape index (κ2) is 9.94. The fourth-order valence-corrected chi connectivity index (χ4v) is 1.99. The van der Waals surface area contributed by atoms with Crippen molar-refractivity contribution in [3.8, 4) is 0 Å². The van der Waals surface area contributed by atoms with E-state index in [1.165, 1.54) is 0 Å². The molecule has 0 saturated heterocycles. The molecule has 5 nitrogen and oxygen atoms in total. The molecule has 0 fully saturated rings. The molecule has 0 heterocycles. The maximum atomic E-state index is 12.0. The second-order valence-electron chi connectivity index (χ2n) is 4.84. The van der Waals surface area contributed by atoms with Gasteiger partial charge in [-0.15, -0.1) is 0 Å². The highest BCUT2D eigenvalue weighted by molar-refractivity contribution is 5.78. The third kappa shape index (κ3) is 6.90. The molecule has 5 heteroatoms. The number of ether oxygens (including phenoxy) is 1. The molecule has 1 unspecified atom stereocenters. The number of hydrogen-bond donors (Lipinski definition) is 2. The Hall–Kier alpha value is -1.88. The number of amides is 1. The Morgan fingerprint density at radius 2 is 2.00 bits per heavy atom. The average molecular weight is 292 g/mol. The van der Waals surface area contributed by atoms with Gasteiger partial charge in [-0.2, -0.15) is 0 Å². The van der Waals surface area contributed by atoms with Crippen LogP contribution < -0.4 is 11.1 Å². The first-order chi connectivity index (χ1) is 10.2. The maximum Gasteiger partial charge on any atom is 0.311 e. The molecule has 0 aromatic heterocycles. The van der Waals surface area contributed by atoms with Crippen molar-refractivity contribution >= 4 is 11.9 Å². The van der Waals surface area contributed by atoms with Gasteiger partial charge >= 0.3 is 5.97 Å². The van der Waals surface area contributed by atoms with Crippen LogP contribution in [0.1, 0.15) is 25.3 Å². The summed E-state index contributed by atoms with van der Waals surface area (Å²) in [6, 6.07) is 9.71. The van der Waals surface area contributed by atoms with Crippen LogP contribution in [0.5, 0.6) is 0 Å². The van der Waals surface area contributed by atoms with E-state index in [1.807, 2.05) is 30.3 Å². The summed E-state index contributed by atoms with van der Waals surface area (Å²) in [5, 5.41) is 2.78. The van der Waals surface area contributed by atoms with Crippen LogP contribution in [0.25, 0.3) is 0 Å². The van der Waals surface area contributed by atoms with Gasteiger partial charge in [-0.1, -0.05) is 30.3 Å². The molecule has 1 aromatic rings. The Bertz CT molecular complexity index is 434. The monoisotopic (exact) mass is 292 g/mol. The summed E-state index contributed by atoms with van der Waals surface area (Å²) in [6.07, 6.45) is 1.59.